The molecule has 0 aliphatic heterocycles. The maximum Gasteiger partial charge on any atom is 0.120 e. The Hall–Kier alpha value is -0.790. The number of rotatable bonds is 5. The summed E-state index contributed by atoms with van der Waals surface area (Å²) in [5.41, 5.74) is 0. The summed E-state index contributed by atoms with van der Waals surface area (Å²) in [5.74, 6) is 0.295. The van der Waals surface area contributed by atoms with Crippen molar-refractivity contribution in [2.75, 3.05) is 6.61 Å². The number of hydrogen-bond donors (Lipinski definition) is 0. The standard InChI is InChI=1S/C8H14O2/c1-3-10-7-5-8(2)4-6-9/h5-8H,3-4H2,1-2H3/b7-5+. The van der Waals surface area contributed by atoms with Crippen LogP contribution < -0.4 is 0 Å². The second-order valence-electron chi connectivity index (χ2n) is 2.16. The van der Waals surface area contributed by atoms with Gasteiger partial charge in [0.15, 0.2) is 0 Å². The molecular formula is C8H14O2. The first-order valence-electron chi connectivity index (χ1n) is 3.53. The third kappa shape index (κ3) is 5.35. The van der Waals surface area contributed by atoms with Crippen molar-refractivity contribution in [3.8, 4) is 0 Å². The minimum Gasteiger partial charge on any atom is -0.502 e. The lowest BCUT2D eigenvalue weighted by Crippen LogP contribution is -1.90. The van der Waals surface area contributed by atoms with E-state index in [0.717, 1.165) is 6.29 Å². The van der Waals surface area contributed by atoms with Crippen molar-refractivity contribution in [3.63, 3.8) is 0 Å². The zero-order chi connectivity index (χ0) is 7.82. The average Bonchev–Trinajstić information content (AvgIpc) is 1.89. The maximum absolute atomic E-state index is 9.97. The molecule has 0 aliphatic rings. The summed E-state index contributed by atoms with van der Waals surface area (Å²) in [5, 5.41) is 0. The van der Waals surface area contributed by atoms with E-state index < -0.39 is 0 Å². The van der Waals surface area contributed by atoms with E-state index in [2.05, 4.69) is 0 Å². The second-order valence-corrected chi connectivity index (χ2v) is 2.16. The first-order valence-corrected chi connectivity index (χ1v) is 3.53. The zero-order valence-corrected chi connectivity index (χ0v) is 6.54. The maximum atomic E-state index is 9.97. The lowest BCUT2D eigenvalue weighted by molar-refractivity contribution is -0.108. The summed E-state index contributed by atoms with van der Waals surface area (Å²) in [4.78, 5) is 9.97. The SMILES string of the molecule is CCO/C=C/C(C)CC=O. The van der Waals surface area contributed by atoms with E-state index >= 15 is 0 Å². The zero-order valence-electron chi connectivity index (χ0n) is 6.54. The molecule has 0 heterocycles. The Morgan fingerprint density at radius 2 is 2.30 bits per heavy atom. The largest absolute Gasteiger partial charge is 0.502 e. The van der Waals surface area contributed by atoms with Gasteiger partial charge in [-0.1, -0.05) is 6.92 Å². The number of aldehydes is 1. The van der Waals surface area contributed by atoms with E-state index in [9.17, 15) is 4.79 Å². The Labute approximate surface area is 61.9 Å². The van der Waals surface area contributed by atoms with Gasteiger partial charge in [-0.2, -0.15) is 0 Å². The van der Waals surface area contributed by atoms with Crippen LogP contribution in [0.4, 0.5) is 0 Å². The highest BCUT2D eigenvalue weighted by Gasteiger charge is 1.92. The number of hydrogen-bond acceptors (Lipinski definition) is 2. The van der Waals surface area contributed by atoms with Gasteiger partial charge in [0.25, 0.3) is 0 Å². The molecule has 2 nitrogen and oxygen atoms in total. The molecule has 0 aromatic heterocycles. The summed E-state index contributed by atoms with van der Waals surface area (Å²) in [7, 11) is 0. The van der Waals surface area contributed by atoms with Gasteiger partial charge in [0, 0.05) is 6.42 Å². The highest BCUT2D eigenvalue weighted by atomic mass is 16.5. The van der Waals surface area contributed by atoms with E-state index in [-0.39, 0.29) is 0 Å². The summed E-state index contributed by atoms with van der Waals surface area (Å²) < 4.78 is 4.95. The minimum atomic E-state index is 0.295. The van der Waals surface area contributed by atoms with Crippen LogP contribution in [-0.4, -0.2) is 12.9 Å². The molecule has 0 spiro atoms. The van der Waals surface area contributed by atoms with Gasteiger partial charge in [-0.25, -0.2) is 0 Å². The number of carbonyl (C=O) groups is 1. The quantitative estimate of drug-likeness (QED) is 0.432. The Morgan fingerprint density at radius 1 is 1.60 bits per heavy atom. The monoisotopic (exact) mass is 142 g/mol. The first kappa shape index (κ1) is 9.21. The molecule has 0 amide bonds. The van der Waals surface area contributed by atoms with Crippen molar-refractivity contribution in [1.29, 1.82) is 0 Å². The van der Waals surface area contributed by atoms with Crippen LogP contribution in [0.1, 0.15) is 20.3 Å². The molecule has 0 aromatic rings. The number of ether oxygens (including phenoxy) is 1. The van der Waals surface area contributed by atoms with Crippen molar-refractivity contribution in [2.24, 2.45) is 5.92 Å². The predicted octanol–water partition coefficient (Wildman–Crippen LogP) is 1.76. The van der Waals surface area contributed by atoms with Crippen molar-refractivity contribution in [2.45, 2.75) is 20.3 Å². The van der Waals surface area contributed by atoms with Gasteiger partial charge in [0.2, 0.25) is 0 Å². The fourth-order valence-electron chi connectivity index (χ4n) is 0.516. The fraction of sp³-hybridized carbons (Fsp3) is 0.625. The summed E-state index contributed by atoms with van der Waals surface area (Å²) in [6.07, 6.45) is 5.02. The van der Waals surface area contributed by atoms with Gasteiger partial charge in [-0.15, -0.1) is 0 Å². The van der Waals surface area contributed by atoms with Crippen LogP contribution in [0, 0.1) is 5.92 Å². The van der Waals surface area contributed by atoms with Crippen LogP contribution in [-0.2, 0) is 9.53 Å². The average molecular weight is 142 g/mol. The topological polar surface area (TPSA) is 26.3 Å². The first-order chi connectivity index (χ1) is 4.81. The molecule has 2 heteroatoms. The highest BCUT2D eigenvalue weighted by Crippen LogP contribution is 2.00. The molecule has 0 aromatic carbocycles. The molecule has 0 rings (SSSR count). The van der Waals surface area contributed by atoms with Gasteiger partial charge < -0.3 is 9.53 Å². The van der Waals surface area contributed by atoms with E-state index in [1.807, 2.05) is 19.9 Å². The lowest BCUT2D eigenvalue weighted by Gasteiger charge is -1.98. The van der Waals surface area contributed by atoms with Gasteiger partial charge >= 0.3 is 0 Å². The summed E-state index contributed by atoms with van der Waals surface area (Å²) in [6.45, 7) is 4.59. The molecule has 0 N–H and O–H groups in total. The lowest BCUT2D eigenvalue weighted by atomic mass is 10.1. The van der Waals surface area contributed by atoms with Crippen molar-refractivity contribution in [1.82, 2.24) is 0 Å². The van der Waals surface area contributed by atoms with Crippen LogP contribution in [0.15, 0.2) is 12.3 Å². The molecule has 58 valence electrons. The third-order valence-corrected chi connectivity index (χ3v) is 1.14. The fourth-order valence-corrected chi connectivity index (χ4v) is 0.516. The Kier molecular flexibility index (Phi) is 5.83. The molecule has 1 atom stereocenters. The van der Waals surface area contributed by atoms with E-state index in [1.54, 1.807) is 6.26 Å². The second kappa shape index (κ2) is 6.33. The summed E-state index contributed by atoms with van der Waals surface area (Å²) >= 11 is 0. The molecule has 10 heavy (non-hydrogen) atoms. The van der Waals surface area contributed by atoms with Gasteiger partial charge in [-0.3, -0.25) is 0 Å². The normalized spacial score (nSPS) is 13.4. The smallest absolute Gasteiger partial charge is 0.120 e. The van der Waals surface area contributed by atoms with Gasteiger partial charge in [-0.05, 0) is 18.9 Å². The van der Waals surface area contributed by atoms with Gasteiger partial charge in [0.05, 0.1) is 12.9 Å². The van der Waals surface area contributed by atoms with Crippen LogP contribution >= 0.6 is 0 Å². The molecule has 1 unspecified atom stereocenters. The molecule has 0 bridgehead atoms. The van der Waals surface area contributed by atoms with Crippen molar-refractivity contribution >= 4 is 6.29 Å². The third-order valence-electron chi connectivity index (χ3n) is 1.14. The van der Waals surface area contributed by atoms with E-state index in [0.29, 0.717) is 18.9 Å². The molecule has 0 radical (unpaired) electrons. The molecule has 0 aliphatic carbocycles. The van der Waals surface area contributed by atoms with Crippen molar-refractivity contribution < 1.29 is 9.53 Å². The summed E-state index contributed by atoms with van der Waals surface area (Å²) in [6, 6.07) is 0. The number of carbonyl (C=O) groups excluding carboxylic acids is 1. The van der Waals surface area contributed by atoms with Crippen LogP contribution in [0.25, 0.3) is 0 Å². The molecule has 0 saturated carbocycles. The van der Waals surface area contributed by atoms with Crippen LogP contribution in [0.2, 0.25) is 0 Å². The van der Waals surface area contributed by atoms with Crippen LogP contribution in [0.3, 0.4) is 0 Å². The molecule has 0 saturated heterocycles. The predicted molar refractivity (Wildman–Crippen MR) is 40.6 cm³/mol. The van der Waals surface area contributed by atoms with Gasteiger partial charge in [0.1, 0.15) is 6.29 Å². The Bertz CT molecular complexity index is 108. The highest BCUT2D eigenvalue weighted by molar-refractivity contribution is 5.50. The molecular weight excluding hydrogens is 128 g/mol. The van der Waals surface area contributed by atoms with Crippen LogP contribution in [0.5, 0.6) is 0 Å². The minimum absolute atomic E-state index is 0.295. The van der Waals surface area contributed by atoms with Crippen molar-refractivity contribution in [3.05, 3.63) is 12.3 Å². The Morgan fingerprint density at radius 3 is 2.80 bits per heavy atom. The Balaban J connectivity index is 3.34. The molecule has 0 fully saturated rings. The number of allylic oxidation sites excluding steroid dienone is 1. The van der Waals surface area contributed by atoms with E-state index in [1.165, 1.54) is 0 Å². The van der Waals surface area contributed by atoms with E-state index in [4.69, 9.17) is 4.74 Å².